The number of hydrazine groups is 1. The van der Waals surface area contributed by atoms with Gasteiger partial charge >= 0.3 is 6.03 Å². The van der Waals surface area contributed by atoms with Gasteiger partial charge in [-0.15, -0.1) is 11.3 Å². The average molecular weight is 449 g/mol. The molecule has 2 aliphatic rings. The molecule has 1 aliphatic heterocycles. The third-order valence-corrected chi connectivity index (χ3v) is 8.61. The Morgan fingerprint density at radius 1 is 1.39 bits per heavy atom. The zero-order valence-electron chi connectivity index (χ0n) is 15.4. The third kappa shape index (κ3) is 3.88. The van der Waals surface area contributed by atoms with E-state index in [1.165, 1.54) is 19.2 Å². The maximum atomic E-state index is 12.7. The lowest BCUT2D eigenvalue weighted by Crippen LogP contribution is -2.52. The lowest BCUT2D eigenvalue weighted by molar-refractivity contribution is -0.140. The normalized spacial score (nSPS) is 25.4. The highest BCUT2D eigenvalue weighted by atomic mass is 35.5. The van der Waals surface area contributed by atoms with Crippen LogP contribution in [0.2, 0.25) is 4.34 Å². The van der Waals surface area contributed by atoms with Gasteiger partial charge in [-0.25, -0.2) is 13.2 Å². The van der Waals surface area contributed by atoms with Gasteiger partial charge in [0.05, 0.1) is 10.9 Å². The molecule has 0 unspecified atom stereocenters. The van der Waals surface area contributed by atoms with Crippen LogP contribution >= 0.6 is 22.9 Å². The molecule has 154 valence electrons. The number of thiophene rings is 1. The summed E-state index contributed by atoms with van der Waals surface area (Å²) in [6.07, 6.45) is 2.63. The maximum Gasteiger partial charge on any atom is 0.344 e. The molecule has 9 nitrogen and oxygen atoms in total. The van der Waals surface area contributed by atoms with Gasteiger partial charge in [0, 0.05) is 7.05 Å². The number of urea groups is 1. The van der Waals surface area contributed by atoms with Crippen LogP contribution in [0.4, 0.5) is 4.79 Å². The first-order chi connectivity index (χ1) is 13.0. The fraction of sp³-hybridized carbons (Fsp3) is 0.562. The molecule has 1 saturated heterocycles. The fourth-order valence-electron chi connectivity index (χ4n) is 3.35. The van der Waals surface area contributed by atoms with E-state index in [1.807, 2.05) is 0 Å². The highest BCUT2D eigenvalue weighted by molar-refractivity contribution is 7.91. The van der Waals surface area contributed by atoms with Crippen molar-refractivity contribution in [1.82, 2.24) is 20.1 Å². The standard InChI is InChI=1S/C16H21ClN4O5S2/c1-10-5-7-16(8-6-10)14(23)21(15(24)18-16)19-12(22)9-20(2)28(25,26)13-4-3-11(17)27-13/h3-4,10H,5-9H2,1-2H3,(H,18,24)(H,19,22). The van der Waals surface area contributed by atoms with Crippen molar-refractivity contribution in [3.05, 3.63) is 16.5 Å². The summed E-state index contributed by atoms with van der Waals surface area (Å²) in [4.78, 5) is 37.2. The summed E-state index contributed by atoms with van der Waals surface area (Å²) in [5, 5.41) is 3.34. The van der Waals surface area contributed by atoms with Gasteiger partial charge in [-0.2, -0.15) is 9.31 Å². The molecule has 12 heteroatoms. The Hall–Kier alpha value is -1.69. The third-order valence-electron chi connectivity index (χ3n) is 5.11. The van der Waals surface area contributed by atoms with Crippen LogP contribution in [0.15, 0.2) is 16.3 Å². The Kier molecular flexibility index (Phi) is 5.72. The zero-order valence-corrected chi connectivity index (χ0v) is 17.8. The van der Waals surface area contributed by atoms with E-state index in [0.29, 0.717) is 28.1 Å². The van der Waals surface area contributed by atoms with Gasteiger partial charge in [0.25, 0.3) is 21.8 Å². The monoisotopic (exact) mass is 448 g/mol. The number of amides is 4. The van der Waals surface area contributed by atoms with Gasteiger partial charge in [-0.3, -0.25) is 15.0 Å². The molecule has 2 heterocycles. The molecule has 1 saturated carbocycles. The van der Waals surface area contributed by atoms with E-state index in [4.69, 9.17) is 11.6 Å². The van der Waals surface area contributed by atoms with Crippen molar-refractivity contribution >= 4 is 50.8 Å². The van der Waals surface area contributed by atoms with Crippen molar-refractivity contribution in [2.24, 2.45) is 5.92 Å². The predicted octanol–water partition coefficient (Wildman–Crippen LogP) is 1.55. The first-order valence-corrected chi connectivity index (χ1v) is 11.4. The molecule has 2 fully saturated rings. The van der Waals surface area contributed by atoms with Crippen molar-refractivity contribution in [2.75, 3.05) is 13.6 Å². The lowest BCUT2D eigenvalue weighted by atomic mass is 9.77. The van der Waals surface area contributed by atoms with Crippen LogP contribution in [-0.2, 0) is 19.6 Å². The molecule has 0 radical (unpaired) electrons. The first-order valence-electron chi connectivity index (χ1n) is 8.73. The van der Waals surface area contributed by atoms with Crippen LogP contribution in [0.5, 0.6) is 0 Å². The van der Waals surface area contributed by atoms with Crippen molar-refractivity contribution in [1.29, 1.82) is 0 Å². The van der Waals surface area contributed by atoms with E-state index in [-0.39, 0.29) is 4.21 Å². The smallest absolute Gasteiger partial charge is 0.322 e. The number of imide groups is 1. The minimum absolute atomic E-state index is 0.00179. The van der Waals surface area contributed by atoms with E-state index in [9.17, 15) is 22.8 Å². The van der Waals surface area contributed by atoms with E-state index in [1.54, 1.807) is 0 Å². The van der Waals surface area contributed by atoms with Gasteiger partial charge in [0.1, 0.15) is 9.75 Å². The minimum atomic E-state index is -3.90. The van der Waals surface area contributed by atoms with Gasteiger partial charge < -0.3 is 5.32 Å². The molecular formula is C16H21ClN4O5S2. The molecule has 1 spiro atoms. The number of halogens is 1. The minimum Gasteiger partial charge on any atom is -0.322 e. The largest absolute Gasteiger partial charge is 0.344 e. The number of carbonyl (C=O) groups is 3. The summed E-state index contributed by atoms with van der Waals surface area (Å²) in [7, 11) is -2.67. The van der Waals surface area contributed by atoms with E-state index >= 15 is 0 Å². The number of hydrogen-bond donors (Lipinski definition) is 2. The summed E-state index contributed by atoms with van der Waals surface area (Å²) in [5.41, 5.74) is 1.24. The van der Waals surface area contributed by atoms with Crippen molar-refractivity contribution in [3.63, 3.8) is 0 Å². The van der Waals surface area contributed by atoms with Crippen LogP contribution in [0.1, 0.15) is 32.6 Å². The number of rotatable bonds is 5. The second-order valence-corrected chi connectivity index (χ2v) is 11.2. The Labute approximate surface area is 172 Å². The molecule has 1 aromatic rings. The second-order valence-electron chi connectivity index (χ2n) is 7.19. The molecule has 0 aromatic carbocycles. The van der Waals surface area contributed by atoms with Crippen molar-refractivity contribution in [3.8, 4) is 0 Å². The van der Waals surface area contributed by atoms with E-state index in [2.05, 4.69) is 17.7 Å². The molecule has 1 aromatic heterocycles. The molecule has 2 N–H and O–H groups in total. The Morgan fingerprint density at radius 2 is 2.04 bits per heavy atom. The number of nitrogens with one attached hydrogen (secondary N) is 2. The quantitative estimate of drug-likeness (QED) is 0.663. The first kappa shape index (κ1) is 21.0. The summed E-state index contributed by atoms with van der Waals surface area (Å²) in [6.45, 7) is 1.53. The van der Waals surface area contributed by atoms with E-state index in [0.717, 1.165) is 28.5 Å². The molecule has 3 rings (SSSR count). The highest BCUT2D eigenvalue weighted by Gasteiger charge is 2.53. The van der Waals surface area contributed by atoms with Gasteiger partial charge in [0.2, 0.25) is 0 Å². The summed E-state index contributed by atoms with van der Waals surface area (Å²) in [6, 6.07) is 2.09. The number of hydrogen-bond acceptors (Lipinski definition) is 6. The van der Waals surface area contributed by atoms with Crippen LogP contribution in [0.25, 0.3) is 0 Å². The number of likely N-dealkylation sites (N-methyl/N-ethyl adjacent to an activating group) is 1. The van der Waals surface area contributed by atoms with Crippen LogP contribution in [0, 0.1) is 5.92 Å². The SMILES string of the molecule is CC1CCC2(CC1)NC(=O)N(NC(=O)CN(C)S(=O)(=O)c1ccc(Cl)s1)C2=O. The fourth-order valence-corrected chi connectivity index (χ4v) is 6.17. The summed E-state index contributed by atoms with van der Waals surface area (Å²) in [5.74, 6) is -0.824. The molecule has 28 heavy (non-hydrogen) atoms. The van der Waals surface area contributed by atoms with Gasteiger partial charge in [-0.1, -0.05) is 18.5 Å². The molecule has 0 bridgehead atoms. The van der Waals surface area contributed by atoms with Gasteiger partial charge in [-0.05, 0) is 43.7 Å². The Bertz CT molecular complexity index is 908. The second kappa shape index (κ2) is 7.62. The number of sulfonamides is 1. The van der Waals surface area contributed by atoms with Crippen molar-refractivity contribution in [2.45, 2.75) is 42.4 Å². The zero-order chi connectivity index (χ0) is 20.7. The topological polar surface area (TPSA) is 116 Å². The Morgan fingerprint density at radius 3 is 2.61 bits per heavy atom. The number of nitrogens with zero attached hydrogens (tertiary/aromatic N) is 2. The van der Waals surface area contributed by atoms with Crippen LogP contribution < -0.4 is 10.7 Å². The lowest BCUT2D eigenvalue weighted by Gasteiger charge is -2.33. The average Bonchev–Trinajstić information content (AvgIpc) is 3.16. The molecule has 1 aliphatic carbocycles. The predicted molar refractivity (Wildman–Crippen MR) is 103 cm³/mol. The summed E-state index contributed by atoms with van der Waals surface area (Å²) >= 11 is 6.64. The van der Waals surface area contributed by atoms with Crippen LogP contribution in [-0.4, -0.2) is 54.7 Å². The summed E-state index contributed by atoms with van der Waals surface area (Å²) < 4.78 is 26.1. The molecule has 0 atom stereocenters. The van der Waals surface area contributed by atoms with Crippen LogP contribution in [0.3, 0.4) is 0 Å². The van der Waals surface area contributed by atoms with Crippen molar-refractivity contribution < 1.29 is 22.8 Å². The van der Waals surface area contributed by atoms with E-state index < -0.39 is 40.0 Å². The highest BCUT2D eigenvalue weighted by Crippen LogP contribution is 2.35. The number of carbonyl (C=O) groups excluding carboxylic acids is 3. The van der Waals surface area contributed by atoms with Gasteiger partial charge in [0.15, 0.2) is 0 Å². The maximum absolute atomic E-state index is 12.7. The Balaban J connectivity index is 1.64. The molecular weight excluding hydrogens is 428 g/mol. The molecule has 4 amide bonds.